The predicted octanol–water partition coefficient (Wildman–Crippen LogP) is 1.55. The lowest BCUT2D eigenvalue weighted by atomic mass is 10.1. The molecule has 18 heavy (non-hydrogen) atoms. The molecular formula is C13H19N3O2. The molecule has 1 aromatic carbocycles. The van der Waals surface area contributed by atoms with Gasteiger partial charge in [0.05, 0.1) is 0 Å². The van der Waals surface area contributed by atoms with Gasteiger partial charge in [-0.15, -0.1) is 0 Å². The monoisotopic (exact) mass is 249 g/mol. The quantitative estimate of drug-likeness (QED) is 0.756. The van der Waals surface area contributed by atoms with E-state index in [4.69, 9.17) is 5.73 Å². The molecule has 0 saturated heterocycles. The summed E-state index contributed by atoms with van der Waals surface area (Å²) in [4.78, 5) is 22.6. The Kier molecular flexibility index (Phi) is 4.71. The summed E-state index contributed by atoms with van der Waals surface area (Å²) < 4.78 is 0. The average Bonchev–Trinajstić information content (AvgIpc) is 2.30. The minimum absolute atomic E-state index is 0.280. The summed E-state index contributed by atoms with van der Waals surface area (Å²) >= 11 is 0. The molecule has 0 aliphatic heterocycles. The van der Waals surface area contributed by atoms with Crippen LogP contribution in [0.2, 0.25) is 0 Å². The van der Waals surface area contributed by atoms with Crippen LogP contribution < -0.4 is 16.4 Å². The van der Waals surface area contributed by atoms with Gasteiger partial charge >= 0.3 is 6.03 Å². The molecule has 0 aliphatic carbocycles. The molecule has 1 unspecified atom stereocenters. The molecule has 1 aromatic rings. The molecule has 5 heteroatoms. The van der Waals surface area contributed by atoms with E-state index in [9.17, 15) is 9.59 Å². The van der Waals surface area contributed by atoms with Crippen LogP contribution in [0, 0.1) is 6.92 Å². The zero-order valence-corrected chi connectivity index (χ0v) is 10.9. The van der Waals surface area contributed by atoms with Crippen molar-refractivity contribution in [2.75, 3.05) is 5.32 Å². The summed E-state index contributed by atoms with van der Waals surface area (Å²) in [5.74, 6) is -0.280. The molecule has 3 amide bonds. The van der Waals surface area contributed by atoms with E-state index >= 15 is 0 Å². The normalized spacial score (nSPS) is 11.7. The number of benzene rings is 1. The number of urea groups is 1. The van der Waals surface area contributed by atoms with Gasteiger partial charge < -0.3 is 16.4 Å². The van der Waals surface area contributed by atoms with Gasteiger partial charge in [0.25, 0.3) is 0 Å². The van der Waals surface area contributed by atoms with Gasteiger partial charge in [-0.3, -0.25) is 4.79 Å². The van der Waals surface area contributed by atoms with E-state index in [1.54, 1.807) is 6.92 Å². The number of para-hydroxylation sites is 1. The molecule has 4 N–H and O–H groups in total. The van der Waals surface area contributed by atoms with Crippen molar-refractivity contribution < 1.29 is 9.59 Å². The number of aryl methyl sites for hydroxylation is 2. The number of primary amides is 1. The van der Waals surface area contributed by atoms with E-state index in [1.807, 2.05) is 32.0 Å². The first kappa shape index (κ1) is 14.0. The highest BCUT2D eigenvalue weighted by Crippen LogP contribution is 2.21. The Morgan fingerprint density at radius 3 is 2.61 bits per heavy atom. The highest BCUT2D eigenvalue weighted by Gasteiger charge is 2.16. The molecule has 1 atom stereocenters. The van der Waals surface area contributed by atoms with E-state index in [2.05, 4.69) is 10.6 Å². The van der Waals surface area contributed by atoms with Gasteiger partial charge in [0.2, 0.25) is 5.91 Å². The van der Waals surface area contributed by atoms with Gasteiger partial charge in [-0.1, -0.05) is 25.1 Å². The summed E-state index contributed by atoms with van der Waals surface area (Å²) in [6.45, 7) is 5.54. The molecule has 0 saturated carbocycles. The largest absolute Gasteiger partial charge is 0.352 e. The van der Waals surface area contributed by atoms with Crippen LogP contribution in [-0.4, -0.2) is 18.0 Å². The fourth-order valence-electron chi connectivity index (χ4n) is 1.71. The van der Waals surface area contributed by atoms with Crippen LogP contribution >= 0.6 is 0 Å². The topological polar surface area (TPSA) is 84.2 Å². The molecule has 0 aromatic heterocycles. The Bertz CT molecular complexity index is 458. The van der Waals surface area contributed by atoms with Gasteiger partial charge in [0.1, 0.15) is 6.04 Å². The second-order valence-corrected chi connectivity index (χ2v) is 4.18. The fourth-order valence-corrected chi connectivity index (χ4v) is 1.71. The zero-order valence-electron chi connectivity index (χ0n) is 10.9. The van der Waals surface area contributed by atoms with Crippen molar-refractivity contribution in [2.24, 2.45) is 5.73 Å². The van der Waals surface area contributed by atoms with Crippen LogP contribution in [0.3, 0.4) is 0 Å². The number of hydrogen-bond acceptors (Lipinski definition) is 2. The second-order valence-electron chi connectivity index (χ2n) is 4.18. The number of carbonyl (C=O) groups is 2. The number of nitrogens with one attached hydrogen (secondary N) is 2. The molecule has 0 spiro atoms. The predicted molar refractivity (Wildman–Crippen MR) is 71.4 cm³/mol. The maximum atomic E-state index is 11.9. The zero-order chi connectivity index (χ0) is 13.7. The van der Waals surface area contributed by atoms with Crippen LogP contribution in [0.25, 0.3) is 0 Å². The van der Waals surface area contributed by atoms with Crippen LogP contribution in [0.4, 0.5) is 10.5 Å². The summed E-state index contributed by atoms with van der Waals surface area (Å²) in [5, 5.41) is 5.17. The van der Waals surface area contributed by atoms with Crippen LogP contribution in [-0.2, 0) is 11.2 Å². The van der Waals surface area contributed by atoms with Gasteiger partial charge in [-0.25, -0.2) is 4.79 Å². The molecule has 5 nitrogen and oxygen atoms in total. The van der Waals surface area contributed by atoms with E-state index in [-0.39, 0.29) is 5.91 Å². The van der Waals surface area contributed by atoms with E-state index in [1.165, 1.54) is 0 Å². The maximum absolute atomic E-state index is 11.9. The van der Waals surface area contributed by atoms with Gasteiger partial charge in [-0.2, -0.15) is 0 Å². The Balaban J connectivity index is 2.84. The maximum Gasteiger partial charge on any atom is 0.312 e. The first-order chi connectivity index (χ1) is 8.45. The molecule has 0 aliphatic rings. The molecule has 1 rings (SSSR count). The van der Waals surface area contributed by atoms with E-state index < -0.39 is 12.1 Å². The van der Waals surface area contributed by atoms with Crippen molar-refractivity contribution in [3.63, 3.8) is 0 Å². The summed E-state index contributed by atoms with van der Waals surface area (Å²) in [5.41, 5.74) is 7.85. The Hall–Kier alpha value is -2.04. The Morgan fingerprint density at radius 1 is 1.39 bits per heavy atom. The van der Waals surface area contributed by atoms with Crippen LogP contribution in [0.5, 0.6) is 0 Å². The molecule has 0 bridgehead atoms. The summed E-state index contributed by atoms with van der Waals surface area (Å²) in [6, 6.07) is 4.48. The van der Waals surface area contributed by atoms with Crippen molar-refractivity contribution in [1.29, 1.82) is 0 Å². The van der Waals surface area contributed by atoms with Crippen molar-refractivity contribution in [1.82, 2.24) is 5.32 Å². The first-order valence-corrected chi connectivity index (χ1v) is 5.91. The van der Waals surface area contributed by atoms with Crippen LogP contribution in [0.1, 0.15) is 25.0 Å². The third kappa shape index (κ3) is 3.48. The SMILES string of the molecule is CCc1cccc(C)c1NC(=O)C(C)NC(N)=O. The van der Waals surface area contributed by atoms with Crippen molar-refractivity contribution in [2.45, 2.75) is 33.2 Å². The van der Waals surface area contributed by atoms with Gasteiger partial charge in [0.15, 0.2) is 0 Å². The Morgan fingerprint density at radius 2 is 2.06 bits per heavy atom. The summed E-state index contributed by atoms with van der Waals surface area (Å²) in [7, 11) is 0. The lowest BCUT2D eigenvalue weighted by Crippen LogP contribution is -2.44. The summed E-state index contributed by atoms with van der Waals surface area (Å²) in [6.07, 6.45) is 0.828. The standard InChI is InChI=1S/C13H19N3O2/c1-4-10-7-5-6-8(2)11(10)16-12(17)9(3)15-13(14)18/h5-7,9H,4H2,1-3H3,(H,16,17)(H3,14,15,18). The minimum Gasteiger partial charge on any atom is -0.352 e. The third-order valence-corrected chi connectivity index (χ3v) is 2.74. The number of anilines is 1. The van der Waals surface area contributed by atoms with Crippen molar-refractivity contribution in [3.05, 3.63) is 29.3 Å². The molecule has 98 valence electrons. The minimum atomic E-state index is -0.710. The molecule has 0 heterocycles. The first-order valence-electron chi connectivity index (χ1n) is 5.91. The highest BCUT2D eigenvalue weighted by atomic mass is 16.2. The van der Waals surface area contributed by atoms with Crippen LogP contribution in [0.15, 0.2) is 18.2 Å². The number of amides is 3. The number of nitrogens with two attached hydrogens (primary N) is 1. The molecular weight excluding hydrogens is 230 g/mol. The molecule has 0 fully saturated rings. The van der Waals surface area contributed by atoms with Gasteiger partial charge in [-0.05, 0) is 31.4 Å². The second kappa shape index (κ2) is 6.05. The fraction of sp³-hybridized carbons (Fsp3) is 0.385. The van der Waals surface area contributed by atoms with Gasteiger partial charge in [0, 0.05) is 5.69 Å². The smallest absolute Gasteiger partial charge is 0.312 e. The number of hydrogen-bond donors (Lipinski definition) is 3. The average molecular weight is 249 g/mol. The van der Waals surface area contributed by atoms with E-state index in [0.29, 0.717) is 0 Å². The number of rotatable bonds is 4. The van der Waals surface area contributed by atoms with Crippen molar-refractivity contribution >= 4 is 17.6 Å². The Labute approximate surface area is 107 Å². The lowest BCUT2D eigenvalue weighted by molar-refractivity contribution is -0.117. The van der Waals surface area contributed by atoms with Crippen molar-refractivity contribution in [3.8, 4) is 0 Å². The third-order valence-electron chi connectivity index (χ3n) is 2.74. The number of carbonyl (C=O) groups excluding carboxylic acids is 2. The molecule has 0 radical (unpaired) electrons. The highest BCUT2D eigenvalue weighted by molar-refractivity contribution is 5.97. The lowest BCUT2D eigenvalue weighted by Gasteiger charge is -2.16. The van der Waals surface area contributed by atoms with E-state index in [0.717, 1.165) is 23.2 Å².